The number of nitrogens with zero attached hydrogens (tertiary/aromatic N) is 2. The maximum atomic E-state index is 11.9. The molecule has 0 aliphatic heterocycles. The number of rotatable bonds is 5. The van der Waals surface area contributed by atoms with E-state index in [1.54, 1.807) is 11.3 Å². The fourth-order valence-electron chi connectivity index (χ4n) is 1.48. The molecule has 0 spiro atoms. The number of ether oxygens (including phenoxy) is 1. The second kappa shape index (κ2) is 6.53. The van der Waals surface area contributed by atoms with Gasteiger partial charge in [0.1, 0.15) is 11.6 Å². The van der Waals surface area contributed by atoms with Crippen LogP contribution in [0.25, 0.3) is 0 Å². The van der Waals surface area contributed by atoms with Crippen LogP contribution in [0, 0.1) is 0 Å². The van der Waals surface area contributed by atoms with Crippen LogP contribution in [0.3, 0.4) is 0 Å². The van der Waals surface area contributed by atoms with Crippen molar-refractivity contribution < 1.29 is 9.53 Å². The highest BCUT2D eigenvalue weighted by atomic mass is 35.5. The molecule has 0 aliphatic rings. The summed E-state index contributed by atoms with van der Waals surface area (Å²) in [5, 5.41) is 10.9. The minimum atomic E-state index is -0.561. The maximum Gasteiger partial charge on any atom is 0.327 e. The van der Waals surface area contributed by atoms with E-state index in [4.69, 9.17) is 11.6 Å². The summed E-state index contributed by atoms with van der Waals surface area (Å²) >= 11 is 7.57. The molecule has 8 heteroatoms. The van der Waals surface area contributed by atoms with Crippen molar-refractivity contribution in [3.8, 4) is 0 Å². The first-order chi connectivity index (χ1) is 9.61. The van der Waals surface area contributed by atoms with E-state index in [0.717, 1.165) is 10.2 Å². The fraction of sp³-hybridized carbons (Fsp3) is 0.250. The van der Waals surface area contributed by atoms with Crippen LogP contribution in [-0.2, 0) is 22.6 Å². The Kier molecular flexibility index (Phi) is 4.75. The molecule has 2 aromatic rings. The molecule has 0 fully saturated rings. The molecule has 0 atom stereocenters. The first kappa shape index (κ1) is 14.5. The lowest BCUT2D eigenvalue weighted by atomic mass is 10.3. The smallest absolute Gasteiger partial charge is 0.327 e. The van der Waals surface area contributed by atoms with E-state index in [-0.39, 0.29) is 11.6 Å². The topological polar surface area (TPSA) is 73.2 Å². The molecule has 0 saturated carbocycles. The van der Waals surface area contributed by atoms with Crippen LogP contribution in [0.4, 0.5) is 5.69 Å². The highest BCUT2D eigenvalue weighted by molar-refractivity contribution is 7.07. The van der Waals surface area contributed by atoms with Gasteiger partial charge in [0, 0.05) is 6.54 Å². The third-order valence-electron chi connectivity index (χ3n) is 2.55. The van der Waals surface area contributed by atoms with Crippen molar-refractivity contribution in [3.63, 3.8) is 0 Å². The second-order valence-corrected chi connectivity index (χ2v) is 5.05. The largest absolute Gasteiger partial charge is 0.468 e. The van der Waals surface area contributed by atoms with Gasteiger partial charge in [0.25, 0.3) is 5.56 Å². The van der Waals surface area contributed by atoms with E-state index in [9.17, 15) is 9.59 Å². The van der Waals surface area contributed by atoms with Gasteiger partial charge in [-0.15, -0.1) is 0 Å². The number of aromatic nitrogens is 2. The number of esters is 1. The van der Waals surface area contributed by atoms with Gasteiger partial charge in [-0.1, -0.05) is 11.6 Å². The molecule has 20 heavy (non-hydrogen) atoms. The van der Waals surface area contributed by atoms with Gasteiger partial charge in [-0.05, 0) is 22.4 Å². The van der Waals surface area contributed by atoms with Gasteiger partial charge in [-0.3, -0.25) is 9.59 Å². The molecule has 2 aromatic heterocycles. The number of carbonyl (C=O) groups is 1. The minimum Gasteiger partial charge on any atom is -0.468 e. The summed E-state index contributed by atoms with van der Waals surface area (Å²) in [4.78, 5) is 23.1. The van der Waals surface area contributed by atoms with Crippen LogP contribution in [-0.4, -0.2) is 22.9 Å². The molecule has 6 nitrogen and oxygen atoms in total. The van der Waals surface area contributed by atoms with Crippen LogP contribution in [0.1, 0.15) is 5.56 Å². The lowest BCUT2D eigenvalue weighted by molar-refractivity contribution is -0.141. The maximum absolute atomic E-state index is 11.9. The molecule has 0 aromatic carbocycles. The SMILES string of the molecule is COC(=O)Cn1ncc(NCc2ccsc2)c(Cl)c1=O. The van der Waals surface area contributed by atoms with Crippen molar-refractivity contribution in [3.05, 3.63) is 44.0 Å². The zero-order valence-corrected chi connectivity index (χ0v) is 12.2. The molecule has 0 saturated heterocycles. The van der Waals surface area contributed by atoms with Crippen LogP contribution < -0.4 is 10.9 Å². The summed E-state index contributed by atoms with van der Waals surface area (Å²) in [6, 6.07) is 1.97. The Labute approximate surface area is 123 Å². The molecule has 0 aliphatic carbocycles. The Balaban J connectivity index is 2.14. The predicted molar refractivity (Wildman–Crippen MR) is 77.2 cm³/mol. The molecule has 2 heterocycles. The number of carbonyl (C=O) groups excluding carboxylic acids is 1. The van der Waals surface area contributed by atoms with Crippen LogP contribution in [0.5, 0.6) is 0 Å². The molecule has 0 radical (unpaired) electrons. The second-order valence-electron chi connectivity index (χ2n) is 3.90. The van der Waals surface area contributed by atoms with Gasteiger partial charge in [0.05, 0.1) is 19.0 Å². The summed E-state index contributed by atoms with van der Waals surface area (Å²) in [5.74, 6) is -0.561. The molecule has 106 valence electrons. The summed E-state index contributed by atoms with van der Waals surface area (Å²) in [6.45, 7) is 0.283. The Morgan fingerprint density at radius 2 is 2.40 bits per heavy atom. The van der Waals surface area contributed by atoms with Crippen molar-refractivity contribution in [1.82, 2.24) is 9.78 Å². The first-order valence-electron chi connectivity index (χ1n) is 5.69. The minimum absolute atomic E-state index is 0.000803. The Morgan fingerprint density at radius 3 is 3.05 bits per heavy atom. The number of anilines is 1. The van der Waals surface area contributed by atoms with E-state index >= 15 is 0 Å². The van der Waals surface area contributed by atoms with Crippen molar-refractivity contribution in [1.29, 1.82) is 0 Å². The lowest BCUT2D eigenvalue weighted by Gasteiger charge is -2.09. The van der Waals surface area contributed by atoms with Crippen LogP contribution in [0.2, 0.25) is 5.02 Å². The van der Waals surface area contributed by atoms with Gasteiger partial charge in [-0.2, -0.15) is 16.4 Å². The Morgan fingerprint density at radius 1 is 1.60 bits per heavy atom. The van der Waals surface area contributed by atoms with Crippen molar-refractivity contribution in [2.45, 2.75) is 13.1 Å². The first-order valence-corrected chi connectivity index (χ1v) is 7.01. The third-order valence-corrected chi connectivity index (χ3v) is 3.65. The fourth-order valence-corrected chi connectivity index (χ4v) is 2.36. The Hall–Kier alpha value is -1.86. The monoisotopic (exact) mass is 313 g/mol. The molecule has 0 bridgehead atoms. The highest BCUT2D eigenvalue weighted by Crippen LogP contribution is 2.17. The zero-order chi connectivity index (χ0) is 14.5. The van der Waals surface area contributed by atoms with Crippen LogP contribution in [0.15, 0.2) is 27.8 Å². The average molecular weight is 314 g/mol. The van der Waals surface area contributed by atoms with Crippen molar-refractivity contribution >= 4 is 34.6 Å². The molecular formula is C12H12ClN3O3S. The predicted octanol–water partition coefficient (Wildman–Crippen LogP) is 1.74. The number of thiophene rings is 1. The standard InChI is InChI=1S/C12H12ClN3O3S/c1-19-10(17)6-16-12(18)11(13)9(5-15-16)14-4-8-2-3-20-7-8/h2-3,5,7,14H,4,6H2,1H3. The average Bonchev–Trinajstić information content (AvgIpc) is 2.96. The number of hydrogen-bond donors (Lipinski definition) is 1. The van der Waals surface area contributed by atoms with Gasteiger partial charge < -0.3 is 10.1 Å². The molecular weight excluding hydrogens is 302 g/mol. The quantitative estimate of drug-likeness (QED) is 0.851. The van der Waals surface area contributed by atoms with Gasteiger partial charge in [0.15, 0.2) is 0 Å². The highest BCUT2D eigenvalue weighted by Gasteiger charge is 2.12. The van der Waals surface area contributed by atoms with Crippen LogP contribution >= 0.6 is 22.9 Å². The summed E-state index contributed by atoms with van der Waals surface area (Å²) in [5.41, 5.74) is 0.987. The van der Waals surface area contributed by atoms with Crippen molar-refractivity contribution in [2.75, 3.05) is 12.4 Å². The van der Waals surface area contributed by atoms with Crippen molar-refractivity contribution in [2.24, 2.45) is 0 Å². The normalized spacial score (nSPS) is 10.3. The molecule has 0 amide bonds. The number of hydrogen-bond acceptors (Lipinski definition) is 6. The van der Waals surface area contributed by atoms with Gasteiger partial charge in [0.2, 0.25) is 0 Å². The van der Waals surface area contributed by atoms with E-state index in [1.165, 1.54) is 13.3 Å². The summed E-state index contributed by atoms with van der Waals surface area (Å²) < 4.78 is 5.44. The summed E-state index contributed by atoms with van der Waals surface area (Å²) in [7, 11) is 1.24. The van der Waals surface area contributed by atoms with E-state index < -0.39 is 11.5 Å². The Bertz CT molecular complexity index is 654. The van der Waals surface area contributed by atoms with E-state index in [0.29, 0.717) is 12.2 Å². The number of nitrogens with one attached hydrogen (secondary N) is 1. The lowest BCUT2D eigenvalue weighted by Crippen LogP contribution is -2.28. The third kappa shape index (κ3) is 3.37. The van der Waals surface area contributed by atoms with Gasteiger partial charge in [-0.25, -0.2) is 4.68 Å². The van der Waals surface area contributed by atoms with Gasteiger partial charge >= 0.3 is 5.97 Å². The number of halogens is 1. The van der Waals surface area contributed by atoms with E-state index in [1.807, 2.05) is 16.8 Å². The van der Waals surface area contributed by atoms with E-state index in [2.05, 4.69) is 15.2 Å². The zero-order valence-electron chi connectivity index (χ0n) is 10.6. The number of methoxy groups -OCH3 is 1. The summed E-state index contributed by atoms with van der Waals surface area (Å²) in [6.07, 6.45) is 1.42. The molecule has 1 N–H and O–H groups in total. The molecule has 0 unspecified atom stereocenters. The molecule has 2 rings (SSSR count).